The van der Waals surface area contributed by atoms with Gasteiger partial charge in [0.15, 0.2) is 5.82 Å². The lowest BCUT2D eigenvalue weighted by molar-refractivity contribution is 0.568. The topological polar surface area (TPSA) is 63.8 Å². The van der Waals surface area contributed by atoms with Gasteiger partial charge in [-0.3, -0.25) is 0 Å². The van der Waals surface area contributed by atoms with Crippen molar-refractivity contribution in [1.29, 1.82) is 0 Å². The zero-order chi connectivity index (χ0) is 15.0. The molecule has 1 aromatic heterocycles. The summed E-state index contributed by atoms with van der Waals surface area (Å²) in [4.78, 5) is 9.35. The summed E-state index contributed by atoms with van der Waals surface area (Å²) >= 11 is 0. The number of aromatic nitrogens is 2. The number of nitrogens with zero attached hydrogens (tertiary/aromatic N) is 2. The first-order chi connectivity index (χ1) is 9.99. The number of nitrogens with one attached hydrogen (secondary N) is 1. The molecular weight excluding hydrogens is 260 g/mol. The zero-order valence-corrected chi connectivity index (χ0v) is 12.9. The average molecular weight is 282 g/mol. The van der Waals surface area contributed by atoms with Gasteiger partial charge in [0.2, 0.25) is 0 Å². The number of hydrogen-bond donors (Lipinski definition) is 2. The van der Waals surface area contributed by atoms with Gasteiger partial charge in [0.25, 0.3) is 0 Å². The van der Waals surface area contributed by atoms with Gasteiger partial charge in [-0.05, 0) is 24.3 Å². The highest BCUT2D eigenvalue weighted by molar-refractivity contribution is 5.64. The lowest BCUT2D eigenvalue weighted by atomic mass is 9.91. The molecule has 1 aromatic carbocycles. The Bertz CT molecular complexity index is 654. The fourth-order valence-electron chi connectivity index (χ4n) is 2.48. The Hall–Kier alpha value is -1.94. The van der Waals surface area contributed by atoms with E-state index < -0.39 is 0 Å². The van der Waals surface area contributed by atoms with E-state index in [1.165, 1.54) is 18.4 Å². The number of rotatable bonds is 3. The summed E-state index contributed by atoms with van der Waals surface area (Å²) in [7, 11) is 0. The molecule has 0 radical (unpaired) electrons. The van der Waals surface area contributed by atoms with Crippen LogP contribution in [-0.4, -0.2) is 9.97 Å². The monoisotopic (exact) mass is 282 g/mol. The highest BCUT2D eigenvalue weighted by Gasteiger charge is 2.27. The van der Waals surface area contributed by atoms with Crippen molar-refractivity contribution in [3.63, 3.8) is 0 Å². The molecular formula is C17H22N4. The fourth-order valence-corrected chi connectivity index (χ4v) is 2.48. The van der Waals surface area contributed by atoms with E-state index in [9.17, 15) is 0 Å². The number of hydrazine groups is 1. The van der Waals surface area contributed by atoms with E-state index in [1.807, 2.05) is 12.1 Å². The van der Waals surface area contributed by atoms with Crippen molar-refractivity contribution in [1.82, 2.24) is 9.97 Å². The van der Waals surface area contributed by atoms with Gasteiger partial charge in [0, 0.05) is 17.0 Å². The minimum Gasteiger partial charge on any atom is -0.308 e. The van der Waals surface area contributed by atoms with Crippen molar-refractivity contribution in [3.8, 4) is 11.4 Å². The van der Waals surface area contributed by atoms with Crippen molar-refractivity contribution in [2.24, 2.45) is 5.84 Å². The van der Waals surface area contributed by atoms with E-state index >= 15 is 0 Å². The van der Waals surface area contributed by atoms with E-state index in [0.29, 0.717) is 11.7 Å². The van der Waals surface area contributed by atoms with E-state index in [4.69, 9.17) is 10.8 Å². The third-order valence-electron chi connectivity index (χ3n) is 3.86. The van der Waals surface area contributed by atoms with Gasteiger partial charge in [-0.25, -0.2) is 15.8 Å². The van der Waals surface area contributed by atoms with Crippen LogP contribution in [0.2, 0.25) is 0 Å². The van der Waals surface area contributed by atoms with Gasteiger partial charge >= 0.3 is 0 Å². The van der Waals surface area contributed by atoms with E-state index in [1.54, 1.807) is 0 Å². The predicted molar refractivity (Wildman–Crippen MR) is 86.0 cm³/mol. The van der Waals surface area contributed by atoms with Crippen LogP contribution in [0.1, 0.15) is 50.8 Å². The molecule has 4 nitrogen and oxygen atoms in total. The third kappa shape index (κ3) is 2.90. The van der Waals surface area contributed by atoms with Crippen molar-refractivity contribution in [3.05, 3.63) is 41.6 Å². The summed E-state index contributed by atoms with van der Waals surface area (Å²) in [6.07, 6.45) is 2.52. The standard InChI is InChI=1S/C17H22N4/c1-17(2,3)14-10-15(21-18)20-16(19-14)13-7-5-4-6-12(13)11-8-9-11/h4-7,10-11H,8-9,18H2,1-3H3,(H,19,20,21). The average Bonchev–Trinajstić information content (AvgIpc) is 3.30. The van der Waals surface area contributed by atoms with Gasteiger partial charge in [-0.1, -0.05) is 45.0 Å². The molecule has 3 rings (SSSR count). The van der Waals surface area contributed by atoms with Crippen LogP contribution < -0.4 is 11.3 Å². The number of nitrogens with two attached hydrogens (primary N) is 1. The lowest BCUT2D eigenvalue weighted by Gasteiger charge is -2.20. The summed E-state index contributed by atoms with van der Waals surface area (Å²) in [6, 6.07) is 10.4. The van der Waals surface area contributed by atoms with Crippen LogP contribution in [0.3, 0.4) is 0 Å². The minimum atomic E-state index is -0.0438. The van der Waals surface area contributed by atoms with Gasteiger partial charge < -0.3 is 5.43 Å². The van der Waals surface area contributed by atoms with Gasteiger partial charge in [-0.15, -0.1) is 0 Å². The molecule has 3 N–H and O–H groups in total. The van der Waals surface area contributed by atoms with E-state index in [2.05, 4.69) is 49.4 Å². The molecule has 4 heteroatoms. The number of anilines is 1. The summed E-state index contributed by atoms with van der Waals surface area (Å²) in [5, 5.41) is 0. The first-order valence-electron chi connectivity index (χ1n) is 7.44. The third-order valence-corrected chi connectivity index (χ3v) is 3.86. The molecule has 110 valence electrons. The largest absolute Gasteiger partial charge is 0.308 e. The molecule has 21 heavy (non-hydrogen) atoms. The molecule has 0 unspecified atom stereocenters. The molecule has 1 aliphatic carbocycles. The molecule has 0 bridgehead atoms. The number of nitrogen functional groups attached to an aromatic ring is 1. The Morgan fingerprint density at radius 2 is 1.86 bits per heavy atom. The minimum absolute atomic E-state index is 0.0438. The van der Waals surface area contributed by atoms with Crippen LogP contribution in [-0.2, 0) is 5.41 Å². The highest BCUT2D eigenvalue weighted by atomic mass is 15.3. The molecule has 0 spiro atoms. The molecule has 1 fully saturated rings. The van der Waals surface area contributed by atoms with Crippen LogP contribution in [0.4, 0.5) is 5.82 Å². The summed E-state index contributed by atoms with van der Waals surface area (Å²) in [5.74, 6) is 7.67. The second kappa shape index (κ2) is 5.11. The van der Waals surface area contributed by atoms with Crippen molar-refractivity contribution < 1.29 is 0 Å². The Morgan fingerprint density at radius 3 is 2.48 bits per heavy atom. The summed E-state index contributed by atoms with van der Waals surface area (Å²) in [5.41, 5.74) is 6.09. The summed E-state index contributed by atoms with van der Waals surface area (Å²) in [6.45, 7) is 6.44. The fraction of sp³-hybridized carbons (Fsp3) is 0.412. The van der Waals surface area contributed by atoms with Crippen molar-refractivity contribution in [2.45, 2.75) is 44.9 Å². The molecule has 0 amide bonds. The van der Waals surface area contributed by atoms with E-state index in [-0.39, 0.29) is 5.41 Å². The van der Waals surface area contributed by atoms with E-state index in [0.717, 1.165) is 17.1 Å². The summed E-state index contributed by atoms with van der Waals surface area (Å²) < 4.78 is 0. The van der Waals surface area contributed by atoms with Gasteiger partial charge in [-0.2, -0.15) is 0 Å². The van der Waals surface area contributed by atoms with Crippen molar-refractivity contribution >= 4 is 5.82 Å². The molecule has 0 aliphatic heterocycles. The molecule has 0 saturated heterocycles. The highest BCUT2D eigenvalue weighted by Crippen LogP contribution is 2.44. The Labute approximate surface area is 125 Å². The smallest absolute Gasteiger partial charge is 0.162 e. The Morgan fingerprint density at radius 1 is 1.14 bits per heavy atom. The van der Waals surface area contributed by atoms with Crippen LogP contribution in [0.15, 0.2) is 30.3 Å². The van der Waals surface area contributed by atoms with Crippen LogP contribution >= 0.6 is 0 Å². The Balaban J connectivity index is 2.14. The maximum Gasteiger partial charge on any atom is 0.162 e. The molecule has 1 aliphatic rings. The molecule has 2 aromatic rings. The van der Waals surface area contributed by atoms with Crippen LogP contribution in [0.5, 0.6) is 0 Å². The molecule has 1 saturated carbocycles. The molecule has 1 heterocycles. The SMILES string of the molecule is CC(C)(C)c1cc(NN)nc(-c2ccccc2C2CC2)n1. The van der Waals surface area contributed by atoms with Gasteiger partial charge in [0.05, 0.1) is 5.69 Å². The maximum atomic E-state index is 5.58. The second-order valence-corrected chi connectivity index (χ2v) is 6.72. The second-order valence-electron chi connectivity index (χ2n) is 6.72. The van der Waals surface area contributed by atoms with Crippen LogP contribution in [0.25, 0.3) is 11.4 Å². The maximum absolute atomic E-state index is 5.58. The first kappa shape index (κ1) is 14.0. The first-order valence-corrected chi connectivity index (χ1v) is 7.44. The Kier molecular flexibility index (Phi) is 3.41. The van der Waals surface area contributed by atoms with Crippen molar-refractivity contribution in [2.75, 3.05) is 5.43 Å². The van der Waals surface area contributed by atoms with Crippen LogP contribution in [0, 0.1) is 0 Å². The van der Waals surface area contributed by atoms with Gasteiger partial charge in [0.1, 0.15) is 5.82 Å². The lowest BCUT2D eigenvalue weighted by Crippen LogP contribution is -2.17. The predicted octanol–water partition coefficient (Wildman–Crippen LogP) is 3.60. The quantitative estimate of drug-likeness (QED) is 0.667. The zero-order valence-electron chi connectivity index (χ0n) is 12.9. The number of hydrogen-bond acceptors (Lipinski definition) is 4. The number of benzene rings is 1. The normalized spacial score (nSPS) is 15.0. The molecule has 0 atom stereocenters.